The lowest BCUT2D eigenvalue weighted by Gasteiger charge is -2.31. The van der Waals surface area contributed by atoms with E-state index in [9.17, 15) is 18.4 Å². The Morgan fingerprint density at radius 1 is 1.23 bits per heavy atom. The number of hydrogen-bond acceptors (Lipinski definition) is 4. The Morgan fingerprint density at radius 2 is 1.88 bits per heavy atom. The maximum Gasteiger partial charge on any atom is 0.416 e. The van der Waals surface area contributed by atoms with E-state index in [0.717, 1.165) is 6.07 Å². The molecular formula is C18H17F3N4O. The quantitative estimate of drug-likeness (QED) is 0.790. The van der Waals surface area contributed by atoms with E-state index in [-0.39, 0.29) is 11.4 Å². The number of hydrogen-bond donors (Lipinski definition) is 2. The first-order chi connectivity index (χ1) is 12.1. The van der Waals surface area contributed by atoms with Gasteiger partial charge in [-0.25, -0.2) is 0 Å². The molecule has 2 aromatic rings. The number of nitrogens with one attached hydrogen (secondary N) is 2. The largest absolute Gasteiger partial charge is 0.422 e. The smallest absolute Gasteiger partial charge is 0.416 e. The third-order valence-electron chi connectivity index (χ3n) is 4.39. The molecule has 0 radical (unpaired) electrons. The van der Waals surface area contributed by atoms with E-state index >= 15 is 0 Å². The van der Waals surface area contributed by atoms with Gasteiger partial charge in [0.1, 0.15) is 5.92 Å². The summed E-state index contributed by atoms with van der Waals surface area (Å²) >= 11 is 0. The molecule has 1 aromatic carbocycles. The first-order valence-corrected chi connectivity index (χ1v) is 7.96. The van der Waals surface area contributed by atoms with Crippen LogP contribution in [0, 0.1) is 22.7 Å². The fourth-order valence-electron chi connectivity index (χ4n) is 3.25. The fourth-order valence-corrected chi connectivity index (χ4v) is 3.25. The van der Waals surface area contributed by atoms with Gasteiger partial charge in [0.05, 0.1) is 11.6 Å². The number of nitrogens with zero attached hydrogens (tertiary/aromatic N) is 2. The van der Waals surface area contributed by atoms with Crippen LogP contribution in [0.15, 0.2) is 24.3 Å². The van der Waals surface area contributed by atoms with Gasteiger partial charge in [-0.05, 0) is 11.6 Å². The predicted molar refractivity (Wildman–Crippen MR) is 88.0 cm³/mol. The number of nitriles is 1. The number of benzene rings is 1. The number of H-pyrrole nitrogens is 1. The van der Waals surface area contributed by atoms with Crippen LogP contribution >= 0.6 is 0 Å². The molecule has 0 saturated heterocycles. The lowest BCUT2D eigenvalue weighted by Crippen LogP contribution is -2.33. The fraction of sp³-hybridized carbons (Fsp3) is 0.389. The Kier molecular flexibility index (Phi) is 4.06. The van der Waals surface area contributed by atoms with E-state index in [1.54, 1.807) is 0 Å². The standard InChI is InChI=1S/C18H17F3N4O/c1-17(2,3)14-13-12(9-6-4-5-7-11(9)18(19,20)21)10(8-22)15(23)26-16(13)25-24-14/h4-7,10,12,23H,1-3H3,(H,24,25)/t10?,12-/m0/s1. The molecule has 26 heavy (non-hydrogen) atoms. The lowest BCUT2D eigenvalue weighted by molar-refractivity contribution is -0.138. The SMILES string of the molecule is CC(C)(C)c1[nH]nc2c1[C@@H](c1ccccc1C(F)(F)F)C(C#N)C(=N)O2. The van der Waals surface area contributed by atoms with Crippen molar-refractivity contribution in [3.8, 4) is 11.9 Å². The van der Waals surface area contributed by atoms with Crippen molar-refractivity contribution in [2.75, 3.05) is 0 Å². The molecule has 0 fully saturated rings. The van der Waals surface area contributed by atoms with Crippen LogP contribution in [0.3, 0.4) is 0 Å². The Morgan fingerprint density at radius 3 is 2.46 bits per heavy atom. The average molecular weight is 362 g/mol. The number of fused-ring (bicyclic) bond motifs is 1. The number of aromatic amines is 1. The minimum Gasteiger partial charge on any atom is -0.422 e. The van der Waals surface area contributed by atoms with Crippen LogP contribution in [0.5, 0.6) is 5.88 Å². The summed E-state index contributed by atoms with van der Waals surface area (Å²) in [6, 6.07) is 7.06. The van der Waals surface area contributed by atoms with Gasteiger partial charge < -0.3 is 4.74 Å². The minimum atomic E-state index is -4.58. The first-order valence-electron chi connectivity index (χ1n) is 7.96. The molecule has 0 saturated carbocycles. The first kappa shape index (κ1) is 18.0. The molecule has 136 valence electrons. The summed E-state index contributed by atoms with van der Waals surface area (Å²) in [5.74, 6) is -2.53. The van der Waals surface area contributed by atoms with Crippen molar-refractivity contribution in [3.05, 3.63) is 46.6 Å². The van der Waals surface area contributed by atoms with E-state index in [0.29, 0.717) is 11.3 Å². The second kappa shape index (κ2) is 5.87. The molecule has 1 aliphatic rings. The number of aromatic nitrogens is 2. The van der Waals surface area contributed by atoms with Crippen molar-refractivity contribution in [2.45, 2.75) is 38.3 Å². The van der Waals surface area contributed by atoms with Crippen LogP contribution in [0.2, 0.25) is 0 Å². The topological polar surface area (TPSA) is 85.5 Å². The summed E-state index contributed by atoms with van der Waals surface area (Å²) < 4.78 is 46.1. The molecule has 2 heterocycles. The minimum absolute atomic E-state index is 0.0494. The number of rotatable bonds is 1. The monoisotopic (exact) mass is 362 g/mol. The van der Waals surface area contributed by atoms with E-state index in [1.807, 2.05) is 26.8 Å². The van der Waals surface area contributed by atoms with Crippen LogP contribution in [0.4, 0.5) is 13.2 Å². The van der Waals surface area contributed by atoms with Crippen LogP contribution < -0.4 is 4.74 Å². The van der Waals surface area contributed by atoms with Crippen LogP contribution in [0.25, 0.3) is 0 Å². The molecule has 8 heteroatoms. The van der Waals surface area contributed by atoms with Crippen LogP contribution in [0.1, 0.15) is 49.1 Å². The van der Waals surface area contributed by atoms with Gasteiger partial charge in [0, 0.05) is 22.6 Å². The molecule has 2 atom stereocenters. The van der Waals surface area contributed by atoms with Gasteiger partial charge >= 0.3 is 6.18 Å². The summed E-state index contributed by atoms with van der Waals surface area (Å²) in [4.78, 5) is 0. The third-order valence-corrected chi connectivity index (χ3v) is 4.39. The van der Waals surface area contributed by atoms with Crippen molar-refractivity contribution in [1.82, 2.24) is 10.2 Å². The zero-order valence-corrected chi connectivity index (χ0v) is 14.4. The Bertz CT molecular complexity index is 902. The normalized spacial score (nSPS) is 20.3. The molecule has 1 unspecified atom stereocenters. The summed E-state index contributed by atoms with van der Waals surface area (Å²) in [5, 5.41) is 24.4. The van der Waals surface area contributed by atoms with Gasteiger partial charge in [-0.1, -0.05) is 39.0 Å². The Hall–Kier alpha value is -2.82. The molecule has 5 nitrogen and oxygen atoms in total. The highest BCUT2D eigenvalue weighted by molar-refractivity contribution is 5.85. The van der Waals surface area contributed by atoms with E-state index in [4.69, 9.17) is 10.1 Å². The molecule has 0 spiro atoms. The Balaban J connectivity index is 2.33. The van der Waals surface area contributed by atoms with Crippen LogP contribution in [-0.4, -0.2) is 16.1 Å². The predicted octanol–water partition coefficient (Wildman–Crippen LogP) is 4.37. The molecule has 3 rings (SSSR count). The molecule has 0 amide bonds. The number of halogens is 3. The summed E-state index contributed by atoms with van der Waals surface area (Å²) in [7, 11) is 0. The highest BCUT2D eigenvalue weighted by atomic mass is 19.4. The summed E-state index contributed by atoms with van der Waals surface area (Å²) in [5.41, 5.74) is -0.367. The van der Waals surface area contributed by atoms with E-state index in [2.05, 4.69) is 10.2 Å². The molecule has 0 aliphatic carbocycles. The highest BCUT2D eigenvalue weighted by Crippen LogP contribution is 2.48. The van der Waals surface area contributed by atoms with Crippen molar-refractivity contribution in [3.63, 3.8) is 0 Å². The van der Waals surface area contributed by atoms with Crippen molar-refractivity contribution in [1.29, 1.82) is 10.7 Å². The van der Waals surface area contributed by atoms with Crippen molar-refractivity contribution >= 4 is 5.90 Å². The molecular weight excluding hydrogens is 345 g/mol. The maximum atomic E-state index is 13.6. The van der Waals surface area contributed by atoms with Gasteiger partial charge in [0.15, 0.2) is 0 Å². The molecule has 1 aromatic heterocycles. The second-order valence-electron chi connectivity index (χ2n) is 7.20. The van der Waals surface area contributed by atoms with Gasteiger partial charge in [0.25, 0.3) is 0 Å². The maximum absolute atomic E-state index is 13.6. The van der Waals surface area contributed by atoms with Gasteiger partial charge in [-0.2, -0.15) is 18.4 Å². The summed E-state index contributed by atoms with van der Waals surface area (Å²) in [6.07, 6.45) is -4.58. The van der Waals surface area contributed by atoms with Gasteiger partial charge in [-0.3, -0.25) is 10.5 Å². The average Bonchev–Trinajstić information content (AvgIpc) is 2.96. The molecule has 0 bridgehead atoms. The zero-order valence-electron chi connectivity index (χ0n) is 14.4. The number of ether oxygens (including phenoxy) is 1. The van der Waals surface area contributed by atoms with Crippen molar-refractivity contribution < 1.29 is 17.9 Å². The summed E-state index contributed by atoms with van der Waals surface area (Å²) in [6.45, 7) is 5.65. The zero-order chi connectivity index (χ0) is 19.3. The number of alkyl halides is 3. The van der Waals surface area contributed by atoms with Gasteiger partial charge in [0.2, 0.25) is 11.8 Å². The second-order valence-corrected chi connectivity index (χ2v) is 7.20. The van der Waals surface area contributed by atoms with Crippen LogP contribution in [-0.2, 0) is 11.6 Å². The van der Waals surface area contributed by atoms with Crippen molar-refractivity contribution in [2.24, 2.45) is 5.92 Å². The molecule has 1 aliphatic heterocycles. The highest BCUT2D eigenvalue weighted by Gasteiger charge is 2.45. The van der Waals surface area contributed by atoms with Gasteiger partial charge in [-0.15, -0.1) is 5.10 Å². The van der Waals surface area contributed by atoms with E-state index in [1.165, 1.54) is 18.2 Å². The molecule has 2 N–H and O–H groups in total. The lowest BCUT2D eigenvalue weighted by atomic mass is 9.74. The Labute approximate surface area is 148 Å². The third kappa shape index (κ3) is 2.83. The van der Waals surface area contributed by atoms with E-state index < -0.39 is 34.9 Å².